The second kappa shape index (κ2) is 5.96. The third-order valence-electron chi connectivity index (χ3n) is 3.26. The highest BCUT2D eigenvalue weighted by Crippen LogP contribution is 2.34. The van der Waals surface area contributed by atoms with Gasteiger partial charge >= 0.3 is 0 Å². The molecule has 0 aliphatic carbocycles. The van der Waals surface area contributed by atoms with Crippen molar-refractivity contribution in [1.29, 1.82) is 0 Å². The Morgan fingerprint density at radius 3 is 2.50 bits per heavy atom. The lowest BCUT2D eigenvalue weighted by atomic mass is 10.1. The van der Waals surface area contributed by atoms with E-state index in [1.807, 2.05) is 26.2 Å². The maximum Gasteiger partial charge on any atom is 0.239 e. The van der Waals surface area contributed by atoms with E-state index in [2.05, 4.69) is 51.7 Å². The molecule has 0 N–H and O–H groups in total. The molecule has 22 heavy (non-hydrogen) atoms. The first-order chi connectivity index (χ1) is 10.5. The number of benzene rings is 1. The van der Waals surface area contributed by atoms with Gasteiger partial charge in [0.15, 0.2) is 11.0 Å². The fourth-order valence-electron chi connectivity index (χ4n) is 2.35. The molecule has 0 fully saturated rings. The van der Waals surface area contributed by atoms with E-state index in [0.29, 0.717) is 11.7 Å². The van der Waals surface area contributed by atoms with E-state index in [9.17, 15) is 0 Å². The predicted octanol–water partition coefficient (Wildman–Crippen LogP) is 4.03. The molecular weight excluding hydrogens is 296 g/mol. The first-order valence-electron chi connectivity index (χ1n) is 7.12. The standard InChI is InChI=1S/C16H18N4OS/c1-10-7-11(2)9-14(8-10)20-6-5-17-16(20)22-12(3)15-18-13(4)19-21-15/h5-9,12H,1-4H3. The summed E-state index contributed by atoms with van der Waals surface area (Å²) in [4.78, 5) is 8.75. The molecule has 0 radical (unpaired) electrons. The summed E-state index contributed by atoms with van der Waals surface area (Å²) < 4.78 is 7.33. The van der Waals surface area contributed by atoms with Crippen LogP contribution in [0.4, 0.5) is 0 Å². The summed E-state index contributed by atoms with van der Waals surface area (Å²) in [5.41, 5.74) is 3.59. The van der Waals surface area contributed by atoms with Crippen molar-refractivity contribution in [3.8, 4) is 5.69 Å². The zero-order valence-electron chi connectivity index (χ0n) is 13.1. The Balaban J connectivity index is 1.89. The van der Waals surface area contributed by atoms with Gasteiger partial charge in [-0.3, -0.25) is 4.57 Å². The largest absolute Gasteiger partial charge is 0.338 e. The van der Waals surface area contributed by atoms with Gasteiger partial charge in [0.25, 0.3) is 0 Å². The molecule has 0 bridgehead atoms. The molecule has 3 rings (SSSR count). The molecule has 0 saturated carbocycles. The molecule has 5 nitrogen and oxygen atoms in total. The van der Waals surface area contributed by atoms with Gasteiger partial charge in [0.1, 0.15) is 0 Å². The van der Waals surface area contributed by atoms with Gasteiger partial charge in [-0.2, -0.15) is 4.98 Å². The van der Waals surface area contributed by atoms with Gasteiger partial charge in [-0.25, -0.2) is 4.98 Å². The van der Waals surface area contributed by atoms with Crippen molar-refractivity contribution in [1.82, 2.24) is 19.7 Å². The van der Waals surface area contributed by atoms with Gasteiger partial charge < -0.3 is 4.52 Å². The van der Waals surface area contributed by atoms with Crippen LogP contribution in [0, 0.1) is 20.8 Å². The molecule has 2 aromatic heterocycles. The topological polar surface area (TPSA) is 56.7 Å². The Morgan fingerprint density at radius 2 is 1.86 bits per heavy atom. The molecule has 2 heterocycles. The zero-order chi connectivity index (χ0) is 15.7. The smallest absolute Gasteiger partial charge is 0.239 e. The van der Waals surface area contributed by atoms with E-state index < -0.39 is 0 Å². The van der Waals surface area contributed by atoms with Crippen LogP contribution < -0.4 is 0 Å². The summed E-state index contributed by atoms with van der Waals surface area (Å²) in [6, 6.07) is 6.47. The molecule has 1 aromatic carbocycles. The number of thioether (sulfide) groups is 1. The SMILES string of the molecule is Cc1cc(C)cc(-n2ccnc2SC(C)c2nc(C)no2)c1. The number of rotatable bonds is 4. The van der Waals surface area contributed by atoms with Crippen molar-refractivity contribution in [3.05, 3.63) is 53.4 Å². The van der Waals surface area contributed by atoms with Crippen molar-refractivity contribution in [2.24, 2.45) is 0 Å². The normalized spacial score (nSPS) is 12.5. The summed E-state index contributed by atoms with van der Waals surface area (Å²) in [5, 5.41) is 4.80. The maximum atomic E-state index is 5.24. The number of hydrogen-bond acceptors (Lipinski definition) is 5. The van der Waals surface area contributed by atoms with Crippen LogP contribution in [0.15, 0.2) is 40.3 Å². The van der Waals surface area contributed by atoms with Crippen molar-refractivity contribution < 1.29 is 4.52 Å². The first kappa shape index (κ1) is 14.8. The average molecular weight is 314 g/mol. The Kier molecular flexibility index (Phi) is 4.02. The molecule has 0 amide bonds. The second-order valence-electron chi connectivity index (χ2n) is 5.37. The van der Waals surface area contributed by atoms with Crippen LogP contribution in [0.1, 0.15) is 35.0 Å². The molecule has 0 aliphatic rings. The summed E-state index contributed by atoms with van der Waals surface area (Å²) in [7, 11) is 0. The van der Waals surface area contributed by atoms with Gasteiger partial charge in [-0.1, -0.05) is 23.0 Å². The Hall–Kier alpha value is -2.08. The van der Waals surface area contributed by atoms with Gasteiger partial charge in [-0.15, -0.1) is 0 Å². The molecule has 3 aromatic rings. The zero-order valence-corrected chi connectivity index (χ0v) is 13.9. The number of aryl methyl sites for hydroxylation is 3. The van der Waals surface area contributed by atoms with Gasteiger partial charge in [0.05, 0.1) is 5.25 Å². The highest BCUT2D eigenvalue weighted by Gasteiger charge is 2.17. The van der Waals surface area contributed by atoms with E-state index in [0.717, 1.165) is 10.8 Å². The van der Waals surface area contributed by atoms with Crippen LogP contribution in [-0.2, 0) is 0 Å². The van der Waals surface area contributed by atoms with Gasteiger partial charge in [0.2, 0.25) is 5.89 Å². The molecule has 6 heteroatoms. The lowest BCUT2D eigenvalue weighted by Crippen LogP contribution is -1.98. The summed E-state index contributed by atoms with van der Waals surface area (Å²) in [5.74, 6) is 1.28. The molecular formula is C16H18N4OS. The minimum Gasteiger partial charge on any atom is -0.338 e. The Labute approximate surface area is 133 Å². The van der Waals surface area contributed by atoms with Crippen LogP contribution in [0.5, 0.6) is 0 Å². The lowest BCUT2D eigenvalue weighted by molar-refractivity contribution is 0.376. The highest BCUT2D eigenvalue weighted by atomic mass is 32.2. The van der Waals surface area contributed by atoms with E-state index >= 15 is 0 Å². The van der Waals surface area contributed by atoms with Crippen LogP contribution in [-0.4, -0.2) is 19.7 Å². The molecule has 0 aliphatic heterocycles. The van der Waals surface area contributed by atoms with Crippen LogP contribution >= 0.6 is 11.8 Å². The fraction of sp³-hybridized carbons (Fsp3) is 0.312. The van der Waals surface area contributed by atoms with Crippen molar-refractivity contribution >= 4 is 11.8 Å². The van der Waals surface area contributed by atoms with Crippen LogP contribution in [0.3, 0.4) is 0 Å². The number of imidazole rings is 1. The average Bonchev–Trinajstić information content (AvgIpc) is 3.06. The molecule has 114 valence electrons. The minimum atomic E-state index is 0.0493. The molecule has 1 unspecified atom stereocenters. The summed E-state index contributed by atoms with van der Waals surface area (Å²) in [6.07, 6.45) is 3.79. The molecule has 0 spiro atoms. The minimum absolute atomic E-state index is 0.0493. The third-order valence-corrected chi connectivity index (χ3v) is 4.33. The summed E-state index contributed by atoms with van der Waals surface area (Å²) >= 11 is 1.61. The quantitative estimate of drug-likeness (QED) is 0.680. The lowest BCUT2D eigenvalue weighted by Gasteiger charge is -2.11. The Morgan fingerprint density at radius 1 is 1.14 bits per heavy atom. The highest BCUT2D eigenvalue weighted by molar-refractivity contribution is 7.99. The van der Waals surface area contributed by atoms with Crippen molar-refractivity contribution in [2.45, 2.75) is 38.1 Å². The second-order valence-corrected chi connectivity index (χ2v) is 6.67. The first-order valence-corrected chi connectivity index (χ1v) is 8.00. The van der Waals surface area contributed by atoms with Crippen molar-refractivity contribution in [3.63, 3.8) is 0 Å². The Bertz CT molecular complexity index is 773. The van der Waals surface area contributed by atoms with E-state index in [1.54, 1.807) is 11.8 Å². The summed E-state index contributed by atoms with van der Waals surface area (Å²) in [6.45, 7) is 8.06. The molecule has 0 saturated heterocycles. The van der Waals surface area contributed by atoms with E-state index in [1.165, 1.54) is 11.1 Å². The predicted molar refractivity (Wildman–Crippen MR) is 86.3 cm³/mol. The van der Waals surface area contributed by atoms with Crippen molar-refractivity contribution in [2.75, 3.05) is 0 Å². The number of nitrogens with zero attached hydrogens (tertiary/aromatic N) is 4. The van der Waals surface area contributed by atoms with E-state index in [4.69, 9.17) is 4.52 Å². The van der Waals surface area contributed by atoms with Crippen LogP contribution in [0.2, 0.25) is 0 Å². The van der Waals surface area contributed by atoms with Gasteiger partial charge in [-0.05, 0) is 51.0 Å². The molecule has 1 atom stereocenters. The fourth-order valence-corrected chi connectivity index (χ4v) is 3.26. The number of hydrogen-bond donors (Lipinski definition) is 0. The maximum absolute atomic E-state index is 5.24. The number of aromatic nitrogens is 4. The monoisotopic (exact) mass is 314 g/mol. The van der Waals surface area contributed by atoms with E-state index in [-0.39, 0.29) is 5.25 Å². The third kappa shape index (κ3) is 3.06. The van der Waals surface area contributed by atoms with Crippen LogP contribution in [0.25, 0.3) is 5.69 Å². The van der Waals surface area contributed by atoms with Gasteiger partial charge in [0, 0.05) is 18.1 Å².